The molecular weight excluding hydrogens is 521 g/mol. The molecule has 4 fully saturated rings. The second-order valence-corrected chi connectivity index (χ2v) is 12.4. The van der Waals surface area contributed by atoms with Crippen molar-refractivity contribution < 1.29 is 102 Å². The van der Waals surface area contributed by atoms with Gasteiger partial charge in [-0.15, -0.1) is 0 Å². The van der Waals surface area contributed by atoms with Crippen molar-refractivity contribution in [3.63, 3.8) is 0 Å². The molecule has 0 amide bonds. The number of hydrogen-bond donors (Lipinski definition) is 1. The molecule has 5 aliphatic rings. The van der Waals surface area contributed by atoms with Gasteiger partial charge in [0.2, 0.25) is 0 Å². The van der Waals surface area contributed by atoms with Gasteiger partial charge in [0, 0.05) is 16.7 Å². The van der Waals surface area contributed by atoms with Gasteiger partial charge in [-0.05, 0) is 56.1 Å². The molecule has 0 aromatic rings. The number of carbonyl (C=O) groups excluding carboxylic acids is 2. The van der Waals surface area contributed by atoms with Crippen LogP contribution in [0.5, 0.6) is 0 Å². The van der Waals surface area contributed by atoms with Crippen LogP contribution in [0.3, 0.4) is 0 Å². The molecule has 1 saturated heterocycles. The smallest absolute Gasteiger partial charge is 0.790 e. The van der Waals surface area contributed by atoms with E-state index >= 15 is 0 Å². The molecule has 12 heteroatoms. The molecule has 4 aliphatic carbocycles. The van der Waals surface area contributed by atoms with Crippen LogP contribution in [0.4, 0.5) is 0 Å². The number of aliphatic hydroxyl groups is 1. The van der Waals surface area contributed by atoms with E-state index in [2.05, 4.69) is 11.4 Å². The molecule has 0 aromatic heterocycles. The van der Waals surface area contributed by atoms with Crippen molar-refractivity contribution in [2.24, 2.45) is 28.6 Å². The summed E-state index contributed by atoms with van der Waals surface area (Å²) in [6, 6.07) is 0. The molecule has 0 spiro atoms. The monoisotopic (exact) mass is 554 g/mol. The number of phosphoric acid groups is 1. The summed E-state index contributed by atoms with van der Waals surface area (Å²) >= 11 is 0. The van der Waals surface area contributed by atoms with Crippen LogP contribution in [0.15, 0.2) is 23.8 Å². The van der Waals surface area contributed by atoms with Crippen LogP contribution in [0.1, 0.15) is 59.3 Å². The van der Waals surface area contributed by atoms with Crippen molar-refractivity contribution in [2.75, 3.05) is 6.61 Å². The zero-order valence-electron chi connectivity index (χ0n) is 22.3. The minimum absolute atomic E-state index is 0. The third-order valence-corrected chi connectivity index (χ3v) is 10.0. The summed E-state index contributed by atoms with van der Waals surface area (Å²) in [5.41, 5.74) is -1.78. The number of ketones is 2. The maximum absolute atomic E-state index is 13.6. The molecule has 1 N–H and O–H groups in total. The van der Waals surface area contributed by atoms with E-state index in [0.717, 1.165) is 24.8 Å². The maximum Gasteiger partial charge on any atom is 1.00 e. The standard InChI is InChI=1S/C25H35O9P.2Na/c1-4-5-21-33-20-11-17-16-7-6-14-10-15(26)8-9-23(14,2)22(16)18(27)12-24(17,3)25(20,34-21)19(28)13-32-35(29,30)31;;/h8-10,16-18,20-22,27H,4-7,11-13H2,1-3H3,(H2,29,30,31);;/q;2*+1/p-2. The van der Waals surface area contributed by atoms with Crippen molar-refractivity contribution in [3.8, 4) is 0 Å². The molecule has 1 aliphatic heterocycles. The number of allylic oxidation sites excluding steroid dienone is 4. The van der Waals surface area contributed by atoms with E-state index in [1.165, 1.54) is 0 Å². The van der Waals surface area contributed by atoms with Gasteiger partial charge in [-0.2, -0.15) is 0 Å². The predicted molar refractivity (Wildman–Crippen MR) is 119 cm³/mol. The number of aliphatic hydroxyl groups excluding tert-OH is 1. The van der Waals surface area contributed by atoms with Gasteiger partial charge < -0.3 is 33.5 Å². The molecule has 0 bridgehead atoms. The maximum atomic E-state index is 13.6. The largest absolute Gasteiger partial charge is 1.00 e. The Labute approximate surface area is 262 Å². The van der Waals surface area contributed by atoms with Crippen LogP contribution >= 0.6 is 7.82 Å². The Bertz CT molecular complexity index is 1040. The van der Waals surface area contributed by atoms with Crippen LogP contribution < -0.4 is 68.9 Å². The molecule has 0 radical (unpaired) electrons. The molecule has 1 heterocycles. The number of hydrogen-bond acceptors (Lipinski definition) is 9. The first-order valence-electron chi connectivity index (χ1n) is 12.5. The van der Waals surface area contributed by atoms with Crippen molar-refractivity contribution in [1.82, 2.24) is 0 Å². The molecule has 9 unspecified atom stereocenters. The number of Topliss-reactive ketones (excluding diaryl/α,β-unsaturated/α-hetero) is 1. The molecule has 3 saturated carbocycles. The van der Waals surface area contributed by atoms with Gasteiger partial charge in [0.15, 0.2) is 23.5 Å². The van der Waals surface area contributed by atoms with E-state index in [0.29, 0.717) is 12.8 Å². The number of phosphoric ester groups is 1. The molecular formula is C25H33Na2O9P. The SMILES string of the molecule is CCCC1OC2CC3C4CCC5=CC(=O)C=CC5(C)C4C(O)CC3(C)C2(C(=O)COP(=O)([O-])[O-])O1.[Na+].[Na+]. The van der Waals surface area contributed by atoms with E-state index in [1.54, 1.807) is 12.2 Å². The van der Waals surface area contributed by atoms with Crippen LogP contribution in [-0.4, -0.2) is 47.4 Å². The molecule has 194 valence electrons. The number of fused-ring (bicyclic) bond motifs is 7. The molecule has 0 aromatic carbocycles. The van der Waals surface area contributed by atoms with Crippen molar-refractivity contribution in [2.45, 2.75) is 83.4 Å². The summed E-state index contributed by atoms with van der Waals surface area (Å²) < 4.78 is 28.1. The molecule has 9 atom stereocenters. The Morgan fingerprint density at radius 1 is 1.30 bits per heavy atom. The fourth-order valence-corrected chi connectivity index (χ4v) is 8.53. The zero-order valence-corrected chi connectivity index (χ0v) is 27.2. The quantitative estimate of drug-likeness (QED) is 0.254. The predicted octanol–water partition coefficient (Wildman–Crippen LogP) is -4.42. The average molecular weight is 554 g/mol. The summed E-state index contributed by atoms with van der Waals surface area (Å²) in [5.74, 6) is -0.801. The van der Waals surface area contributed by atoms with Gasteiger partial charge in [0.05, 0.1) is 20.0 Å². The van der Waals surface area contributed by atoms with E-state index in [4.69, 9.17) is 9.47 Å². The Morgan fingerprint density at radius 3 is 2.65 bits per heavy atom. The van der Waals surface area contributed by atoms with Gasteiger partial charge in [0.25, 0.3) is 0 Å². The second-order valence-electron chi connectivity index (χ2n) is 11.3. The van der Waals surface area contributed by atoms with Crippen LogP contribution in [-0.2, 0) is 28.2 Å². The zero-order chi connectivity index (χ0) is 25.4. The first-order valence-corrected chi connectivity index (χ1v) is 14.0. The number of carbonyl (C=O) groups is 2. The summed E-state index contributed by atoms with van der Waals surface area (Å²) in [7, 11) is -5.36. The summed E-state index contributed by atoms with van der Waals surface area (Å²) in [4.78, 5) is 48.0. The third kappa shape index (κ3) is 5.07. The Balaban J connectivity index is 0.00000190. The summed E-state index contributed by atoms with van der Waals surface area (Å²) in [5, 5.41) is 11.6. The van der Waals surface area contributed by atoms with Gasteiger partial charge in [-0.3, -0.25) is 9.59 Å². The van der Waals surface area contributed by atoms with Crippen LogP contribution in [0, 0.1) is 28.6 Å². The fourth-order valence-electron chi connectivity index (χ4n) is 8.25. The fraction of sp³-hybridized carbons (Fsp3) is 0.760. The number of rotatable bonds is 6. The topological polar surface area (TPSA) is 145 Å². The molecule has 5 rings (SSSR count). The van der Waals surface area contributed by atoms with Crippen molar-refractivity contribution in [1.29, 1.82) is 0 Å². The van der Waals surface area contributed by atoms with Crippen LogP contribution in [0.2, 0.25) is 0 Å². The minimum atomic E-state index is -5.36. The van der Waals surface area contributed by atoms with E-state index in [1.807, 2.05) is 19.9 Å². The first kappa shape index (κ1) is 32.3. The number of ether oxygens (including phenoxy) is 2. The second kappa shape index (κ2) is 11.2. The van der Waals surface area contributed by atoms with E-state index in [-0.39, 0.29) is 89.1 Å². The van der Waals surface area contributed by atoms with Gasteiger partial charge in [0.1, 0.15) is 6.61 Å². The Hall–Kier alpha value is 0.810. The first-order chi connectivity index (χ1) is 16.4. The van der Waals surface area contributed by atoms with E-state index in [9.17, 15) is 29.0 Å². The Morgan fingerprint density at radius 2 is 2.00 bits per heavy atom. The molecule has 37 heavy (non-hydrogen) atoms. The summed E-state index contributed by atoms with van der Waals surface area (Å²) in [6.07, 6.45) is 6.73. The minimum Gasteiger partial charge on any atom is -0.790 e. The Kier molecular flexibility index (Phi) is 9.82. The third-order valence-electron chi connectivity index (χ3n) is 9.58. The van der Waals surface area contributed by atoms with Crippen molar-refractivity contribution >= 4 is 19.4 Å². The normalized spacial score (nSPS) is 43.9. The average Bonchev–Trinajstić information content (AvgIpc) is 3.24. The van der Waals surface area contributed by atoms with E-state index < -0.39 is 55.1 Å². The van der Waals surface area contributed by atoms with Gasteiger partial charge in [-0.1, -0.05) is 38.8 Å². The summed E-state index contributed by atoms with van der Waals surface area (Å²) in [6.45, 7) is 5.05. The van der Waals surface area contributed by atoms with Gasteiger partial charge >= 0.3 is 59.1 Å². The molecule has 9 nitrogen and oxygen atoms in total. The van der Waals surface area contributed by atoms with Gasteiger partial charge in [-0.25, -0.2) is 0 Å². The van der Waals surface area contributed by atoms with Crippen molar-refractivity contribution in [3.05, 3.63) is 23.8 Å². The van der Waals surface area contributed by atoms with Crippen LogP contribution in [0.25, 0.3) is 0 Å².